The van der Waals surface area contributed by atoms with Crippen molar-refractivity contribution in [2.75, 3.05) is 38.4 Å². The molecule has 32 heavy (non-hydrogen) atoms. The zero-order valence-electron chi connectivity index (χ0n) is 18.8. The Balaban J connectivity index is 1.87. The molecule has 4 aromatic rings. The maximum Gasteiger partial charge on any atom is 0.225 e. The molecule has 0 amide bonds. The van der Waals surface area contributed by atoms with E-state index in [1.165, 1.54) is 5.56 Å². The van der Waals surface area contributed by atoms with Gasteiger partial charge >= 0.3 is 0 Å². The summed E-state index contributed by atoms with van der Waals surface area (Å²) in [6, 6.07) is 15.9. The second-order valence-corrected chi connectivity index (χ2v) is 7.79. The Morgan fingerprint density at radius 3 is 2.53 bits per heavy atom. The van der Waals surface area contributed by atoms with Gasteiger partial charge in [-0.1, -0.05) is 38.1 Å². The van der Waals surface area contributed by atoms with E-state index in [2.05, 4.69) is 36.3 Å². The Morgan fingerprint density at radius 1 is 1.06 bits per heavy atom. The van der Waals surface area contributed by atoms with Gasteiger partial charge in [-0.15, -0.1) is 5.10 Å². The van der Waals surface area contributed by atoms with Crippen molar-refractivity contribution in [2.24, 2.45) is 0 Å². The van der Waals surface area contributed by atoms with Crippen LogP contribution in [0.1, 0.15) is 25.3 Å². The third kappa shape index (κ3) is 4.22. The van der Waals surface area contributed by atoms with Gasteiger partial charge in [-0.2, -0.15) is 4.98 Å². The topological polar surface area (TPSA) is 100 Å². The van der Waals surface area contributed by atoms with Crippen LogP contribution in [0.4, 0.5) is 11.8 Å². The lowest BCUT2D eigenvalue weighted by molar-refractivity contribution is 0.210. The van der Waals surface area contributed by atoms with E-state index in [1.54, 1.807) is 18.9 Å². The lowest BCUT2D eigenvalue weighted by Gasteiger charge is -2.10. The summed E-state index contributed by atoms with van der Waals surface area (Å²) in [5, 5.41) is 8.61. The summed E-state index contributed by atoms with van der Waals surface area (Å²) in [5.74, 6) is 2.13. The van der Waals surface area contributed by atoms with Gasteiger partial charge in [0.25, 0.3) is 0 Å². The number of nitrogen functional groups attached to an aromatic ring is 1. The summed E-state index contributed by atoms with van der Waals surface area (Å²) in [6.07, 6.45) is 0. The predicted molar refractivity (Wildman–Crippen MR) is 128 cm³/mol. The highest BCUT2D eigenvalue weighted by Gasteiger charge is 2.19. The Morgan fingerprint density at radius 2 is 1.84 bits per heavy atom. The summed E-state index contributed by atoms with van der Waals surface area (Å²) in [5.41, 5.74) is 10.8. The largest absolute Gasteiger partial charge is 0.497 e. The zero-order valence-corrected chi connectivity index (χ0v) is 18.8. The molecule has 0 fully saturated rings. The number of anilines is 2. The average Bonchev–Trinajstić information content (AvgIpc) is 3.15. The number of nitrogens with two attached hydrogens (primary N) is 1. The molecule has 0 aliphatic carbocycles. The van der Waals surface area contributed by atoms with Crippen LogP contribution in [0, 0.1) is 0 Å². The zero-order chi connectivity index (χ0) is 22.7. The van der Waals surface area contributed by atoms with Gasteiger partial charge in [0, 0.05) is 19.2 Å². The van der Waals surface area contributed by atoms with E-state index in [-0.39, 0.29) is 0 Å². The van der Waals surface area contributed by atoms with Crippen LogP contribution in [0.3, 0.4) is 0 Å². The van der Waals surface area contributed by atoms with E-state index in [1.807, 2.05) is 36.4 Å². The van der Waals surface area contributed by atoms with Crippen LogP contribution in [0.15, 0.2) is 48.5 Å². The van der Waals surface area contributed by atoms with Crippen molar-refractivity contribution in [1.82, 2.24) is 19.7 Å². The molecular formula is C24H28N6O2. The van der Waals surface area contributed by atoms with Crippen molar-refractivity contribution in [1.29, 1.82) is 0 Å². The van der Waals surface area contributed by atoms with E-state index in [0.29, 0.717) is 47.6 Å². The van der Waals surface area contributed by atoms with Gasteiger partial charge < -0.3 is 20.5 Å². The second kappa shape index (κ2) is 9.23. The van der Waals surface area contributed by atoms with Gasteiger partial charge in [0.15, 0.2) is 5.65 Å². The average molecular weight is 433 g/mol. The Hall–Kier alpha value is -3.65. The quantitative estimate of drug-likeness (QED) is 0.401. The van der Waals surface area contributed by atoms with Gasteiger partial charge in [0.2, 0.25) is 5.95 Å². The van der Waals surface area contributed by atoms with E-state index in [4.69, 9.17) is 25.3 Å². The Bertz CT molecular complexity index is 1220. The van der Waals surface area contributed by atoms with Crippen molar-refractivity contribution < 1.29 is 9.47 Å². The van der Waals surface area contributed by atoms with Gasteiger partial charge in [0.05, 0.1) is 30.5 Å². The number of ether oxygens (including phenoxy) is 2. The van der Waals surface area contributed by atoms with Gasteiger partial charge in [0.1, 0.15) is 11.6 Å². The molecule has 4 rings (SSSR count). The predicted octanol–water partition coefficient (Wildman–Crippen LogP) is 4.26. The monoisotopic (exact) mass is 432 g/mol. The first-order valence-corrected chi connectivity index (χ1v) is 10.6. The van der Waals surface area contributed by atoms with Crippen LogP contribution in [0.2, 0.25) is 0 Å². The van der Waals surface area contributed by atoms with Gasteiger partial charge in [-0.3, -0.25) is 0 Å². The molecule has 2 aromatic heterocycles. The van der Waals surface area contributed by atoms with Crippen LogP contribution in [0.5, 0.6) is 5.75 Å². The fourth-order valence-corrected chi connectivity index (χ4v) is 3.53. The minimum absolute atomic E-state index is 0.448. The normalized spacial score (nSPS) is 11.3. The number of benzene rings is 2. The Labute approximate surface area is 187 Å². The highest BCUT2D eigenvalue weighted by atomic mass is 16.5. The number of nitrogens with zero attached hydrogens (tertiary/aromatic N) is 4. The summed E-state index contributed by atoms with van der Waals surface area (Å²) in [7, 11) is 3.29. The lowest BCUT2D eigenvalue weighted by Crippen LogP contribution is -2.10. The van der Waals surface area contributed by atoms with Crippen molar-refractivity contribution in [3.63, 3.8) is 0 Å². The number of methoxy groups -OCH3 is 2. The maximum absolute atomic E-state index is 6.60. The molecule has 0 unspecified atom stereocenters. The molecule has 8 heteroatoms. The number of rotatable bonds is 8. The number of fused-ring (bicyclic) bond motifs is 1. The molecule has 0 atom stereocenters. The van der Waals surface area contributed by atoms with Crippen molar-refractivity contribution >= 4 is 22.8 Å². The summed E-state index contributed by atoms with van der Waals surface area (Å²) in [4.78, 5) is 9.36. The lowest BCUT2D eigenvalue weighted by atomic mass is 10.0. The number of hydrogen-bond donors (Lipinski definition) is 2. The number of aromatic nitrogens is 4. The van der Waals surface area contributed by atoms with E-state index in [0.717, 1.165) is 17.0 Å². The third-order valence-electron chi connectivity index (χ3n) is 5.31. The molecule has 0 saturated carbocycles. The first-order valence-electron chi connectivity index (χ1n) is 10.6. The molecule has 0 spiro atoms. The standard InChI is InChI=1S/C24H28N6O2/c1-15(2)16-8-10-18(11-9-16)30-22(25)20-21(17-6-5-7-19(14-17)32-4)27-24(26-12-13-31-3)28-23(20)29-30/h5-11,14-15H,12-13,25H2,1-4H3,(H,26,28,29). The van der Waals surface area contributed by atoms with E-state index in [9.17, 15) is 0 Å². The molecular weight excluding hydrogens is 404 g/mol. The highest BCUT2D eigenvalue weighted by Crippen LogP contribution is 2.34. The first kappa shape index (κ1) is 21.6. The van der Waals surface area contributed by atoms with E-state index < -0.39 is 0 Å². The second-order valence-electron chi connectivity index (χ2n) is 7.79. The fourth-order valence-electron chi connectivity index (χ4n) is 3.53. The van der Waals surface area contributed by atoms with Crippen LogP contribution in [-0.4, -0.2) is 47.1 Å². The van der Waals surface area contributed by atoms with Gasteiger partial charge in [-0.25, -0.2) is 9.67 Å². The van der Waals surface area contributed by atoms with Crippen molar-refractivity contribution in [3.8, 4) is 22.7 Å². The summed E-state index contributed by atoms with van der Waals surface area (Å²) in [6.45, 7) is 5.44. The molecule has 0 radical (unpaired) electrons. The van der Waals surface area contributed by atoms with Crippen LogP contribution in [0.25, 0.3) is 28.0 Å². The molecule has 166 valence electrons. The van der Waals surface area contributed by atoms with Crippen LogP contribution >= 0.6 is 0 Å². The molecule has 0 saturated heterocycles. The minimum Gasteiger partial charge on any atom is -0.497 e. The maximum atomic E-state index is 6.60. The Kier molecular flexibility index (Phi) is 6.23. The van der Waals surface area contributed by atoms with Crippen molar-refractivity contribution in [2.45, 2.75) is 19.8 Å². The third-order valence-corrected chi connectivity index (χ3v) is 5.31. The summed E-state index contributed by atoms with van der Waals surface area (Å²) < 4.78 is 12.2. The van der Waals surface area contributed by atoms with E-state index >= 15 is 0 Å². The molecule has 8 nitrogen and oxygen atoms in total. The fraction of sp³-hybridized carbons (Fsp3) is 0.292. The van der Waals surface area contributed by atoms with Crippen molar-refractivity contribution in [3.05, 3.63) is 54.1 Å². The first-order chi connectivity index (χ1) is 15.5. The van der Waals surface area contributed by atoms with Crippen LogP contribution < -0.4 is 15.8 Å². The molecule has 0 aliphatic heterocycles. The number of hydrogen-bond acceptors (Lipinski definition) is 7. The molecule has 0 aliphatic rings. The minimum atomic E-state index is 0.448. The SMILES string of the molecule is COCCNc1nc(-c2cccc(OC)c2)c2c(N)n(-c3ccc(C(C)C)cc3)nc2n1. The number of nitrogens with one attached hydrogen (secondary N) is 1. The summed E-state index contributed by atoms with van der Waals surface area (Å²) >= 11 is 0. The smallest absolute Gasteiger partial charge is 0.225 e. The molecule has 2 aromatic carbocycles. The molecule has 2 heterocycles. The highest BCUT2D eigenvalue weighted by molar-refractivity contribution is 5.99. The molecule has 3 N–H and O–H groups in total. The van der Waals surface area contributed by atoms with Crippen LogP contribution in [-0.2, 0) is 4.74 Å². The van der Waals surface area contributed by atoms with Gasteiger partial charge in [-0.05, 0) is 35.7 Å². The molecule has 0 bridgehead atoms.